The van der Waals surface area contributed by atoms with E-state index in [4.69, 9.17) is 14.2 Å². The summed E-state index contributed by atoms with van der Waals surface area (Å²) in [6.07, 6.45) is 0.273. The third kappa shape index (κ3) is 3.51. The number of aliphatic carboxylic acids is 1. The second-order valence-corrected chi connectivity index (χ2v) is 4.03. The third-order valence-corrected chi connectivity index (χ3v) is 2.93. The Balaban J connectivity index is 3.14. The van der Waals surface area contributed by atoms with Gasteiger partial charge in [-0.3, -0.25) is 0 Å². The molecule has 106 valence electrons. The van der Waals surface area contributed by atoms with Crippen LogP contribution in [0, 0.1) is 5.92 Å². The van der Waals surface area contributed by atoms with Gasteiger partial charge in [-0.25, -0.2) is 0 Å². The minimum Gasteiger partial charge on any atom is -0.550 e. The van der Waals surface area contributed by atoms with Crippen molar-refractivity contribution in [2.24, 2.45) is 5.92 Å². The average Bonchev–Trinajstić information content (AvgIpc) is 2.43. The Bertz CT molecular complexity index is 447. The lowest BCUT2D eigenvalue weighted by atomic mass is 9.98. The van der Waals surface area contributed by atoms with Gasteiger partial charge < -0.3 is 29.8 Å². The van der Waals surface area contributed by atoms with E-state index < -0.39 is 11.9 Å². The van der Waals surface area contributed by atoms with Crippen molar-refractivity contribution in [2.45, 2.75) is 6.42 Å². The van der Waals surface area contributed by atoms with Gasteiger partial charge in [-0.05, 0) is 18.1 Å². The van der Waals surface area contributed by atoms with Crippen LogP contribution in [-0.2, 0) is 11.2 Å². The van der Waals surface area contributed by atoms with Gasteiger partial charge in [0.05, 0.1) is 39.8 Å². The van der Waals surface area contributed by atoms with Crippen LogP contribution < -0.4 is 25.1 Å². The largest absolute Gasteiger partial charge is 0.550 e. The Morgan fingerprint density at radius 2 is 1.68 bits per heavy atom. The minimum atomic E-state index is -1.12. The zero-order valence-corrected chi connectivity index (χ0v) is 11.4. The fraction of sp³-hybridized carbons (Fsp3) is 0.462. The van der Waals surface area contributed by atoms with E-state index in [1.807, 2.05) is 0 Å². The van der Waals surface area contributed by atoms with Gasteiger partial charge in [0.1, 0.15) is 5.75 Å². The number of hydrogen-bond acceptors (Lipinski definition) is 5. The monoisotopic (exact) mass is 269 g/mol. The number of carbonyl (C=O) groups is 1. The molecule has 1 aromatic rings. The zero-order chi connectivity index (χ0) is 14.4. The number of carbonyl (C=O) groups excluding carboxylic acids is 1. The molecule has 0 fully saturated rings. The van der Waals surface area contributed by atoms with E-state index in [1.165, 1.54) is 21.3 Å². The number of quaternary nitrogens is 1. The molecule has 19 heavy (non-hydrogen) atoms. The summed E-state index contributed by atoms with van der Waals surface area (Å²) < 4.78 is 15.6. The van der Waals surface area contributed by atoms with E-state index in [0.29, 0.717) is 17.2 Å². The van der Waals surface area contributed by atoms with Crippen molar-refractivity contribution in [1.82, 2.24) is 0 Å². The molecular formula is C13H19NO5. The van der Waals surface area contributed by atoms with E-state index in [-0.39, 0.29) is 13.0 Å². The fourth-order valence-electron chi connectivity index (χ4n) is 1.82. The van der Waals surface area contributed by atoms with Gasteiger partial charge in [0.2, 0.25) is 0 Å². The highest BCUT2D eigenvalue weighted by Crippen LogP contribution is 2.35. The molecule has 0 spiro atoms. The predicted molar refractivity (Wildman–Crippen MR) is 66.1 cm³/mol. The van der Waals surface area contributed by atoms with E-state index in [9.17, 15) is 9.90 Å². The molecule has 1 atom stereocenters. The number of rotatable bonds is 7. The first-order valence-corrected chi connectivity index (χ1v) is 5.86. The third-order valence-electron chi connectivity index (χ3n) is 2.93. The molecule has 0 saturated carbocycles. The second-order valence-electron chi connectivity index (χ2n) is 4.03. The van der Waals surface area contributed by atoms with Gasteiger partial charge in [0, 0.05) is 6.07 Å². The van der Waals surface area contributed by atoms with Crippen LogP contribution in [-0.4, -0.2) is 33.8 Å². The highest BCUT2D eigenvalue weighted by molar-refractivity contribution is 5.68. The van der Waals surface area contributed by atoms with Crippen molar-refractivity contribution >= 4 is 5.97 Å². The first-order chi connectivity index (χ1) is 9.07. The normalized spacial score (nSPS) is 11.8. The van der Waals surface area contributed by atoms with E-state index >= 15 is 0 Å². The Labute approximate surface area is 112 Å². The molecule has 1 aromatic carbocycles. The maximum absolute atomic E-state index is 11.0. The Morgan fingerprint density at radius 3 is 2.11 bits per heavy atom. The molecule has 0 heterocycles. The van der Waals surface area contributed by atoms with Crippen LogP contribution >= 0.6 is 0 Å². The summed E-state index contributed by atoms with van der Waals surface area (Å²) in [7, 11) is 4.56. The minimum absolute atomic E-state index is 0.250. The molecule has 1 rings (SSSR count). The van der Waals surface area contributed by atoms with Crippen LogP contribution in [0.2, 0.25) is 0 Å². The van der Waals surface area contributed by atoms with Crippen molar-refractivity contribution in [3.05, 3.63) is 17.7 Å². The number of carboxylic acids is 1. The number of ether oxygens (including phenoxy) is 3. The smallest absolute Gasteiger partial charge is 0.164 e. The molecule has 0 aliphatic rings. The first kappa shape index (κ1) is 15.1. The molecule has 0 amide bonds. The summed E-state index contributed by atoms with van der Waals surface area (Å²) in [5, 5.41) is 11.0. The van der Waals surface area contributed by atoms with Gasteiger partial charge in [0.25, 0.3) is 0 Å². The molecule has 0 bridgehead atoms. The lowest BCUT2D eigenvalue weighted by molar-refractivity contribution is -0.387. The predicted octanol–water partition coefficient (Wildman–Crippen LogP) is -1.14. The molecule has 0 aromatic heterocycles. The average molecular weight is 269 g/mol. The Kier molecular flexibility index (Phi) is 5.44. The van der Waals surface area contributed by atoms with Gasteiger partial charge in [0.15, 0.2) is 11.5 Å². The van der Waals surface area contributed by atoms with Gasteiger partial charge in [-0.15, -0.1) is 0 Å². The molecule has 0 aliphatic heterocycles. The number of methoxy groups -OCH3 is 3. The molecule has 0 saturated heterocycles. The van der Waals surface area contributed by atoms with Crippen molar-refractivity contribution in [3.63, 3.8) is 0 Å². The summed E-state index contributed by atoms with van der Waals surface area (Å²) in [5.74, 6) is -0.168. The first-order valence-electron chi connectivity index (χ1n) is 5.86. The van der Waals surface area contributed by atoms with Crippen LogP contribution in [0.1, 0.15) is 5.56 Å². The second kappa shape index (κ2) is 6.84. The van der Waals surface area contributed by atoms with Crippen molar-refractivity contribution in [2.75, 3.05) is 27.9 Å². The SMILES string of the molecule is COc1cc(OC)c(OC)cc1C[C@H](C[NH3+])C(=O)[O-]. The van der Waals surface area contributed by atoms with Crippen LogP contribution in [0.4, 0.5) is 0 Å². The van der Waals surface area contributed by atoms with Crippen LogP contribution in [0.3, 0.4) is 0 Å². The highest BCUT2D eigenvalue weighted by Gasteiger charge is 2.17. The number of benzene rings is 1. The summed E-state index contributed by atoms with van der Waals surface area (Å²) >= 11 is 0. The molecule has 0 aliphatic carbocycles. The van der Waals surface area contributed by atoms with Gasteiger partial charge in [-0.1, -0.05) is 0 Å². The Morgan fingerprint density at radius 1 is 1.16 bits per heavy atom. The highest BCUT2D eigenvalue weighted by atomic mass is 16.5. The fourth-order valence-corrected chi connectivity index (χ4v) is 1.82. The number of hydrogen-bond donors (Lipinski definition) is 1. The van der Waals surface area contributed by atoms with Crippen LogP contribution in [0.15, 0.2) is 12.1 Å². The molecule has 3 N–H and O–H groups in total. The Hall–Kier alpha value is -1.95. The quantitative estimate of drug-likeness (QED) is 0.675. The van der Waals surface area contributed by atoms with Crippen molar-refractivity contribution in [3.8, 4) is 17.2 Å². The molecule has 0 unspecified atom stereocenters. The molecule has 6 heteroatoms. The van der Waals surface area contributed by atoms with E-state index in [0.717, 1.165) is 5.56 Å². The topological polar surface area (TPSA) is 95.5 Å². The summed E-state index contributed by atoms with van der Waals surface area (Å²) in [6.45, 7) is 0.250. The maximum atomic E-state index is 11.0. The standard InChI is InChI=1S/C13H19NO5/c1-17-10-6-12(19-3)11(18-2)5-8(10)4-9(7-14)13(15)16/h5-6,9H,4,7,14H2,1-3H3,(H,15,16)/t9-/m1/s1. The van der Waals surface area contributed by atoms with E-state index in [2.05, 4.69) is 5.73 Å². The molecule has 6 nitrogen and oxygen atoms in total. The number of carboxylic acid groups (broad SMARTS) is 1. The lowest BCUT2D eigenvalue weighted by Gasteiger charge is -2.18. The zero-order valence-electron chi connectivity index (χ0n) is 11.4. The van der Waals surface area contributed by atoms with Crippen LogP contribution in [0.5, 0.6) is 17.2 Å². The maximum Gasteiger partial charge on any atom is 0.164 e. The molecular weight excluding hydrogens is 250 g/mol. The summed E-state index contributed by atoms with van der Waals surface area (Å²) in [6, 6.07) is 3.38. The van der Waals surface area contributed by atoms with E-state index in [1.54, 1.807) is 12.1 Å². The van der Waals surface area contributed by atoms with Crippen LogP contribution in [0.25, 0.3) is 0 Å². The van der Waals surface area contributed by atoms with Gasteiger partial charge >= 0.3 is 0 Å². The molecule has 0 radical (unpaired) electrons. The summed E-state index contributed by atoms with van der Waals surface area (Å²) in [5.41, 5.74) is 4.34. The van der Waals surface area contributed by atoms with Gasteiger partial charge in [-0.2, -0.15) is 0 Å². The lowest BCUT2D eigenvalue weighted by Crippen LogP contribution is -2.57. The van der Waals surface area contributed by atoms with Crippen molar-refractivity contribution < 1.29 is 29.8 Å². The summed E-state index contributed by atoms with van der Waals surface area (Å²) in [4.78, 5) is 11.0. The van der Waals surface area contributed by atoms with Crippen molar-refractivity contribution in [1.29, 1.82) is 0 Å².